The van der Waals surface area contributed by atoms with Crippen LogP contribution in [0.1, 0.15) is 115 Å². The highest BCUT2D eigenvalue weighted by atomic mass is 16.5. The number of carbonyl (C=O) groups is 1. The summed E-state index contributed by atoms with van der Waals surface area (Å²) in [5.74, 6) is 0.716. The third-order valence-electron chi connectivity index (χ3n) is 6.56. The van der Waals surface area contributed by atoms with Crippen LogP contribution in [-0.4, -0.2) is 51.4 Å². The van der Waals surface area contributed by atoms with Gasteiger partial charge in [-0.15, -0.1) is 0 Å². The zero-order valence-corrected chi connectivity index (χ0v) is 23.6. The van der Waals surface area contributed by atoms with Crippen molar-refractivity contribution in [1.29, 1.82) is 0 Å². The molecule has 0 atom stereocenters. The molecule has 0 aliphatic rings. The fourth-order valence-electron chi connectivity index (χ4n) is 4.19. The van der Waals surface area contributed by atoms with Crippen LogP contribution in [0.5, 0.6) is 5.75 Å². The summed E-state index contributed by atoms with van der Waals surface area (Å²) in [6, 6.07) is 7.84. The van der Waals surface area contributed by atoms with E-state index in [9.17, 15) is 4.79 Å². The summed E-state index contributed by atoms with van der Waals surface area (Å²) >= 11 is 0. The Hall–Kier alpha value is -1.55. The van der Waals surface area contributed by atoms with Crippen LogP contribution in [-0.2, 0) is 16.0 Å². The van der Waals surface area contributed by atoms with Gasteiger partial charge in [0.25, 0.3) is 0 Å². The standard InChI is InChI=1S/C31H56NO3/c1-5-6-7-8-9-10-11-12-13-14-15-16-17-18-19-20-26-34-30-23-21-29(22-24-30)28-31(33)35-27-25-32(2,3)4/h21-24H,5-20,25-28H2,1-4H3/q+1. The Morgan fingerprint density at radius 3 is 1.57 bits per heavy atom. The van der Waals surface area contributed by atoms with E-state index in [0.29, 0.717) is 13.0 Å². The summed E-state index contributed by atoms with van der Waals surface area (Å²) in [6.07, 6.45) is 22.4. The quantitative estimate of drug-likeness (QED) is 0.0882. The maximum absolute atomic E-state index is 12.0. The van der Waals surface area contributed by atoms with Crippen LogP contribution < -0.4 is 4.74 Å². The molecule has 0 aliphatic carbocycles. The first-order valence-corrected chi connectivity index (χ1v) is 14.6. The molecule has 0 aromatic heterocycles. The van der Waals surface area contributed by atoms with Crippen LogP contribution in [0.4, 0.5) is 0 Å². The highest BCUT2D eigenvalue weighted by Gasteiger charge is 2.10. The average molecular weight is 491 g/mol. The van der Waals surface area contributed by atoms with Crippen molar-refractivity contribution < 1.29 is 18.8 Å². The second-order valence-electron chi connectivity index (χ2n) is 11.2. The maximum atomic E-state index is 12.0. The van der Waals surface area contributed by atoms with Crippen molar-refractivity contribution in [3.63, 3.8) is 0 Å². The predicted octanol–water partition coefficient (Wildman–Crippen LogP) is 8.12. The molecule has 202 valence electrons. The number of rotatable bonds is 23. The van der Waals surface area contributed by atoms with E-state index in [1.54, 1.807) is 0 Å². The summed E-state index contributed by atoms with van der Waals surface area (Å²) in [5.41, 5.74) is 0.968. The molecule has 0 unspecified atom stereocenters. The second kappa shape index (κ2) is 20.6. The van der Waals surface area contributed by atoms with Crippen molar-refractivity contribution in [3.8, 4) is 5.75 Å². The monoisotopic (exact) mass is 490 g/mol. The van der Waals surface area contributed by atoms with E-state index in [1.807, 2.05) is 24.3 Å². The van der Waals surface area contributed by atoms with Crippen molar-refractivity contribution in [3.05, 3.63) is 29.8 Å². The number of esters is 1. The van der Waals surface area contributed by atoms with Crippen LogP contribution in [0.2, 0.25) is 0 Å². The van der Waals surface area contributed by atoms with Crippen LogP contribution in [0, 0.1) is 0 Å². The first-order chi connectivity index (χ1) is 16.9. The number of benzene rings is 1. The summed E-state index contributed by atoms with van der Waals surface area (Å²) < 4.78 is 12.0. The number of likely N-dealkylation sites (N-methyl/N-ethyl adjacent to an activating group) is 1. The minimum absolute atomic E-state index is 0.166. The van der Waals surface area contributed by atoms with Gasteiger partial charge in [0.05, 0.1) is 34.2 Å². The minimum Gasteiger partial charge on any atom is -0.494 e. The maximum Gasteiger partial charge on any atom is 0.310 e. The zero-order chi connectivity index (χ0) is 25.6. The molecule has 0 saturated carbocycles. The van der Waals surface area contributed by atoms with Gasteiger partial charge in [0, 0.05) is 0 Å². The number of ether oxygens (including phenoxy) is 2. The molecule has 0 heterocycles. The molecule has 4 heteroatoms. The van der Waals surface area contributed by atoms with Crippen molar-refractivity contribution in [2.75, 3.05) is 40.9 Å². The predicted molar refractivity (Wildman–Crippen MR) is 149 cm³/mol. The Bertz CT molecular complexity index is 621. The van der Waals surface area contributed by atoms with Crippen molar-refractivity contribution in [1.82, 2.24) is 0 Å². The van der Waals surface area contributed by atoms with E-state index in [2.05, 4.69) is 28.1 Å². The second-order valence-corrected chi connectivity index (χ2v) is 11.2. The Morgan fingerprint density at radius 2 is 1.11 bits per heavy atom. The van der Waals surface area contributed by atoms with Gasteiger partial charge in [0.1, 0.15) is 18.9 Å². The molecule has 1 aromatic carbocycles. The highest BCUT2D eigenvalue weighted by molar-refractivity contribution is 5.72. The van der Waals surface area contributed by atoms with Gasteiger partial charge in [-0.3, -0.25) is 4.79 Å². The number of quaternary nitrogens is 1. The molecular formula is C31H56NO3+. The molecule has 0 bridgehead atoms. The van der Waals surface area contributed by atoms with Crippen molar-refractivity contribution >= 4 is 5.97 Å². The summed E-state index contributed by atoms with van der Waals surface area (Å²) in [6.45, 7) is 4.33. The molecule has 0 spiro atoms. The van der Waals surface area contributed by atoms with Gasteiger partial charge in [-0.25, -0.2) is 0 Å². The molecule has 35 heavy (non-hydrogen) atoms. The number of carbonyl (C=O) groups excluding carboxylic acids is 1. The lowest BCUT2D eigenvalue weighted by atomic mass is 10.0. The molecule has 0 amide bonds. The lowest BCUT2D eigenvalue weighted by Crippen LogP contribution is -2.38. The van der Waals surface area contributed by atoms with Gasteiger partial charge in [-0.1, -0.05) is 115 Å². The Kier molecular flexibility index (Phi) is 18.5. The third-order valence-corrected chi connectivity index (χ3v) is 6.56. The molecular weight excluding hydrogens is 434 g/mol. The zero-order valence-electron chi connectivity index (χ0n) is 23.6. The molecule has 0 saturated heterocycles. The molecule has 4 nitrogen and oxygen atoms in total. The number of hydrogen-bond donors (Lipinski definition) is 0. The van der Waals surface area contributed by atoms with E-state index in [0.717, 1.165) is 35.4 Å². The van der Waals surface area contributed by atoms with Gasteiger partial charge in [0.15, 0.2) is 0 Å². The molecule has 0 radical (unpaired) electrons. The molecule has 1 rings (SSSR count). The van der Waals surface area contributed by atoms with E-state index in [-0.39, 0.29) is 5.97 Å². The van der Waals surface area contributed by atoms with Crippen molar-refractivity contribution in [2.24, 2.45) is 0 Å². The SMILES string of the molecule is CCCCCCCCCCCCCCCCCCOc1ccc(CC(=O)OCC[N+](C)(C)C)cc1. The summed E-state index contributed by atoms with van der Waals surface area (Å²) in [5, 5.41) is 0. The van der Waals surface area contributed by atoms with Crippen LogP contribution in [0.25, 0.3) is 0 Å². The Balaban J connectivity index is 1.91. The molecule has 0 fully saturated rings. The smallest absolute Gasteiger partial charge is 0.310 e. The van der Waals surface area contributed by atoms with E-state index < -0.39 is 0 Å². The molecule has 1 aromatic rings. The topological polar surface area (TPSA) is 35.5 Å². The minimum atomic E-state index is -0.166. The largest absolute Gasteiger partial charge is 0.494 e. The first-order valence-electron chi connectivity index (χ1n) is 14.6. The van der Waals surface area contributed by atoms with Gasteiger partial charge >= 0.3 is 5.97 Å². The highest BCUT2D eigenvalue weighted by Crippen LogP contribution is 2.16. The van der Waals surface area contributed by atoms with Gasteiger partial charge in [-0.05, 0) is 24.1 Å². The van der Waals surface area contributed by atoms with E-state index in [4.69, 9.17) is 9.47 Å². The van der Waals surface area contributed by atoms with Gasteiger partial charge < -0.3 is 14.0 Å². The van der Waals surface area contributed by atoms with Crippen LogP contribution in [0.3, 0.4) is 0 Å². The lowest BCUT2D eigenvalue weighted by Gasteiger charge is -2.23. The van der Waals surface area contributed by atoms with Crippen molar-refractivity contribution in [2.45, 2.75) is 116 Å². The average Bonchev–Trinajstić information content (AvgIpc) is 2.81. The normalized spacial score (nSPS) is 11.5. The molecule has 0 N–H and O–H groups in total. The van der Waals surface area contributed by atoms with E-state index in [1.165, 1.54) is 96.3 Å². The Labute approximate surface area is 217 Å². The fourth-order valence-corrected chi connectivity index (χ4v) is 4.19. The van der Waals surface area contributed by atoms with Crippen LogP contribution >= 0.6 is 0 Å². The summed E-state index contributed by atoms with van der Waals surface area (Å²) in [4.78, 5) is 12.0. The molecule has 0 aliphatic heterocycles. The number of hydrogen-bond acceptors (Lipinski definition) is 3. The number of nitrogens with zero attached hydrogens (tertiary/aromatic N) is 1. The fraction of sp³-hybridized carbons (Fsp3) is 0.774. The third kappa shape index (κ3) is 20.4. The first kappa shape index (κ1) is 31.5. The lowest BCUT2D eigenvalue weighted by molar-refractivity contribution is -0.870. The van der Waals surface area contributed by atoms with Gasteiger partial charge in [-0.2, -0.15) is 0 Å². The summed E-state index contributed by atoms with van der Waals surface area (Å²) in [7, 11) is 6.27. The number of unbranched alkanes of at least 4 members (excludes halogenated alkanes) is 15. The van der Waals surface area contributed by atoms with Crippen LogP contribution in [0.15, 0.2) is 24.3 Å². The van der Waals surface area contributed by atoms with Gasteiger partial charge in [0.2, 0.25) is 0 Å². The van der Waals surface area contributed by atoms with E-state index >= 15 is 0 Å². The Morgan fingerprint density at radius 1 is 0.657 bits per heavy atom.